The van der Waals surface area contributed by atoms with Crippen LogP contribution in [0.25, 0.3) is 0 Å². The van der Waals surface area contributed by atoms with E-state index >= 15 is 0 Å². The van der Waals surface area contributed by atoms with Crippen molar-refractivity contribution >= 4 is 29.0 Å². The van der Waals surface area contributed by atoms with Gasteiger partial charge in [0.2, 0.25) is 0 Å². The Hall–Kier alpha value is -2.14. The number of rotatable bonds is 4. The molecule has 1 amide bonds. The highest BCUT2D eigenvalue weighted by molar-refractivity contribution is 6.30. The van der Waals surface area contributed by atoms with Crippen LogP contribution in [0.1, 0.15) is 54.8 Å². The van der Waals surface area contributed by atoms with Gasteiger partial charge in [-0.2, -0.15) is 0 Å². The van der Waals surface area contributed by atoms with E-state index in [1.807, 2.05) is 0 Å². The third-order valence-electron chi connectivity index (χ3n) is 4.36. The van der Waals surface area contributed by atoms with Gasteiger partial charge in [0.1, 0.15) is 17.3 Å². The highest BCUT2D eigenvalue weighted by atomic mass is 35.5. The molecule has 25 heavy (non-hydrogen) atoms. The Bertz CT molecular complexity index is 742. The topological polar surface area (TPSA) is 66.9 Å². The molecule has 1 saturated carbocycles. The van der Waals surface area contributed by atoms with Crippen LogP contribution in [0.3, 0.4) is 0 Å². The number of amides is 1. The van der Waals surface area contributed by atoms with Crippen molar-refractivity contribution in [2.45, 2.75) is 51.5 Å². The molecule has 1 aliphatic carbocycles. The summed E-state index contributed by atoms with van der Waals surface area (Å²) in [6, 6.07) is 9.20. The van der Waals surface area contributed by atoms with Gasteiger partial charge in [-0.25, -0.2) is 9.97 Å². The molecular formula is C19H23ClN4O. The van der Waals surface area contributed by atoms with Gasteiger partial charge in [-0.1, -0.05) is 43.4 Å². The van der Waals surface area contributed by atoms with Crippen molar-refractivity contribution in [1.82, 2.24) is 9.97 Å². The maximum atomic E-state index is 12.5. The number of hydrogen-bond donors (Lipinski definition) is 2. The van der Waals surface area contributed by atoms with E-state index in [0.717, 1.165) is 18.7 Å². The normalized spacial score (nSPS) is 15.4. The molecule has 132 valence electrons. The molecule has 1 fully saturated rings. The van der Waals surface area contributed by atoms with Crippen molar-refractivity contribution in [3.63, 3.8) is 0 Å². The first-order valence-electron chi connectivity index (χ1n) is 8.79. The number of nitrogens with zero attached hydrogens (tertiary/aromatic N) is 2. The minimum Gasteiger partial charge on any atom is -0.367 e. The summed E-state index contributed by atoms with van der Waals surface area (Å²) in [4.78, 5) is 21.2. The Labute approximate surface area is 153 Å². The van der Waals surface area contributed by atoms with E-state index in [2.05, 4.69) is 20.6 Å². The molecule has 6 heteroatoms. The summed E-state index contributed by atoms with van der Waals surface area (Å²) in [6.45, 7) is 1.80. The van der Waals surface area contributed by atoms with Gasteiger partial charge >= 0.3 is 0 Å². The lowest BCUT2D eigenvalue weighted by Gasteiger charge is -2.17. The number of benzene rings is 1. The average molecular weight is 359 g/mol. The summed E-state index contributed by atoms with van der Waals surface area (Å²) in [7, 11) is 0. The molecular weight excluding hydrogens is 336 g/mol. The minimum absolute atomic E-state index is 0.267. The molecule has 1 aromatic carbocycles. The first-order chi connectivity index (χ1) is 12.1. The lowest BCUT2D eigenvalue weighted by atomic mass is 10.1. The standard InChI is InChI=1S/C19H23ClN4O/c1-13-21-17(19(25)24-16-10-6-7-14(20)11-16)12-18(22-13)23-15-8-4-2-3-5-9-15/h6-7,10-12,15H,2-5,8-9H2,1H3,(H,24,25)(H,21,22,23). The molecule has 1 heterocycles. The lowest BCUT2D eigenvalue weighted by Crippen LogP contribution is -2.21. The number of aromatic nitrogens is 2. The molecule has 5 nitrogen and oxygen atoms in total. The summed E-state index contributed by atoms with van der Waals surface area (Å²) < 4.78 is 0. The van der Waals surface area contributed by atoms with Gasteiger partial charge in [0.05, 0.1) is 0 Å². The third-order valence-corrected chi connectivity index (χ3v) is 4.60. The van der Waals surface area contributed by atoms with Gasteiger partial charge in [0.25, 0.3) is 5.91 Å². The predicted octanol–water partition coefficient (Wildman–Crippen LogP) is 4.83. The molecule has 0 radical (unpaired) electrons. The maximum Gasteiger partial charge on any atom is 0.274 e. The van der Waals surface area contributed by atoms with Gasteiger partial charge in [0.15, 0.2) is 0 Å². The Morgan fingerprint density at radius 2 is 1.88 bits per heavy atom. The number of carbonyl (C=O) groups is 1. The van der Waals surface area contributed by atoms with Gasteiger partial charge < -0.3 is 10.6 Å². The van der Waals surface area contributed by atoms with Gasteiger partial charge in [-0.3, -0.25) is 4.79 Å². The van der Waals surface area contributed by atoms with Crippen molar-refractivity contribution in [2.75, 3.05) is 10.6 Å². The van der Waals surface area contributed by atoms with Crippen molar-refractivity contribution in [3.05, 3.63) is 46.9 Å². The number of anilines is 2. The summed E-state index contributed by atoms with van der Waals surface area (Å²) in [5.41, 5.74) is 0.996. The quantitative estimate of drug-likeness (QED) is 0.768. The van der Waals surface area contributed by atoms with Crippen molar-refractivity contribution in [3.8, 4) is 0 Å². The monoisotopic (exact) mass is 358 g/mol. The first kappa shape index (κ1) is 17.7. The second kappa shape index (κ2) is 8.30. The van der Waals surface area contributed by atoms with Crippen molar-refractivity contribution in [1.29, 1.82) is 0 Å². The van der Waals surface area contributed by atoms with Crippen LogP contribution in [0.15, 0.2) is 30.3 Å². The van der Waals surface area contributed by atoms with E-state index in [9.17, 15) is 4.79 Å². The molecule has 0 aliphatic heterocycles. The van der Waals surface area contributed by atoms with Crippen LogP contribution in [0, 0.1) is 6.92 Å². The number of nitrogens with one attached hydrogen (secondary N) is 2. The maximum absolute atomic E-state index is 12.5. The zero-order chi connectivity index (χ0) is 17.6. The highest BCUT2D eigenvalue weighted by Gasteiger charge is 2.15. The molecule has 1 aliphatic rings. The minimum atomic E-state index is -0.267. The fourth-order valence-electron chi connectivity index (χ4n) is 3.15. The summed E-state index contributed by atoms with van der Waals surface area (Å²) >= 11 is 5.96. The van der Waals surface area contributed by atoms with E-state index in [-0.39, 0.29) is 5.91 Å². The highest BCUT2D eigenvalue weighted by Crippen LogP contribution is 2.21. The predicted molar refractivity (Wildman–Crippen MR) is 101 cm³/mol. The van der Waals surface area contributed by atoms with Crippen LogP contribution in [0.4, 0.5) is 11.5 Å². The Morgan fingerprint density at radius 3 is 2.60 bits per heavy atom. The fraction of sp³-hybridized carbons (Fsp3) is 0.421. The number of aryl methyl sites for hydroxylation is 1. The van der Waals surface area contributed by atoms with Crippen molar-refractivity contribution < 1.29 is 4.79 Å². The van der Waals surface area contributed by atoms with E-state index in [1.54, 1.807) is 37.3 Å². The second-order valence-corrected chi connectivity index (χ2v) is 6.92. The van der Waals surface area contributed by atoms with E-state index < -0.39 is 0 Å². The number of hydrogen-bond acceptors (Lipinski definition) is 4. The zero-order valence-electron chi connectivity index (χ0n) is 14.4. The molecule has 0 saturated heterocycles. The smallest absolute Gasteiger partial charge is 0.274 e. The largest absolute Gasteiger partial charge is 0.367 e. The molecule has 0 atom stereocenters. The molecule has 0 spiro atoms. The Kier molecular flexibility index (Phi) is 5.87. The molecule has 3 rings (SSSR count). The summed E-state index contributed by atoms with van der Waals surface area (Å²) in [5.74, 6) is 1.03. The van der Waals surface area contributed by atoms with Gasteiger partial charge in [0, 0.05) is 22.8 Å². The van der Waals surface area contributed by atoms with Crippen LogP contribution >= 0.6 is 11.6 Å². The Balaban J connectivity index is 1.72. The molecule has 0 unspecified atom stereocenters. The number of carbonyl (C=O) groups excluding carboxylic acids is 1. The van der Waals surface area contributed by atoms with E-state index in [4.69, 9.17) is 11.6 Å². The lowest BCUT2D eigenvalue weighted by molar-refractivity contribution is 0.102. The van der Waals surface area contributed by atoms with Crippen LogP contribution < -0.4 is 10.6 Å². The average Bonchev–Trinajstić information content (AvgIpc) is 2.83. The van der Waals surface area contributed by atoms with Gasteiger partial charge in [-0.05, 0) is 38.0 Å². The molecule has 0 bridgehead atoms. The molecule has 2 N–H and O–H groups in total. The summed E-state index contributed by atoms with van der Waals surface area (Å²) in [5, 5.41) is 6.88. The van der Waals surface area contributed by atoms with Crippen LogP contribution in [0.5, 0.6) is 0 Å². The Morgan fingerprint density at radius 1 is 1.12 bits per heavy atom. The zero-order valence-corrected chi connectivity index (χ0v) is 15.1. The van der Waals surface area contributed by atoms with Crippen LogP contribution in [-0.4, -0.2) is 21.9 Å². The fourth-order valence-corrected chi connectivity index (χ4v) is 3.34. The van der Waals surface area contributed by atoms with Gasteiger partial charge in [-0.15, -0.1) is 0 Å². The molecule has 1 aromatic heterocycles. The second-order valence-electron chi connectivity index (χ2n) is 6.48. The van der Waals surface area contributed by atoms with Crippen molar-refractivity contribution in [2.24, 2.45) is 0 Å². The van der Waals surface area contributed by atoms with E-state index in [0.29, 0.717) is 28.3 Å². The SMILES string of the molecule is Cc1nc(NC2CCCCCC2)cc(C(=O)Nc2cccc(Cl)c2)n1. The molecule has 2 aromatic rings. The first-order valence-corrected chi connectivity index (χ1v) is 9.17. The third kappa shape index (κ3) is 5.16. The van der Waals surface area contributed by atoms with E-state index in [1.165, 1.54) is 25.7 Å². The van der Waals surface area contributed by atoms with Crippen LogP contribution in [-0.2, 0) is 0 Å². The number of halogens is 1. The van der Waals surface area contributed by atoms with Crippen LogP contribution in [0.2, 0.25) is 5.02 Å². The summed E-state index contributed by atoms with van der Waals surface area (Å²) in [6.07, 6.45) is 7.37.